The van der Waals surface area contributed by atoms with Gasteiger partial charge < -0.3 is 9.80 Å². The van der Waals surface area contributed by atoms with Gasteiger partial charge in [-0.25, -0.2) is 4.39 Å². The first-order chi connectivity index (χ1) is 9.56. The summed E-state index contributed by atoms with van der Waals surface area (Å²) in [5.74, 6) is -0.178. The summed E-state index contributed by atoms with van der Waals surface area (Å²) in [6.07, 6.45) is 0.812. The molecule has 20 heavy (non-hydrogen) atoms. The number of halogens is 1. The number of fused-ring (bicyclic) bond motifs is 1. The molecule has 2 aliphatic heterocycles. The maximum Gasteiger partial charge on any atom is 0.253 e. The Morgan fingerprint density at radius 2 is 1.95 bits per heavy atom. The Labute approximate surface area is 117 Å². The van der Waals surface area contributed by atoms with Crippen LogP contribution in [0, 0.1) is 11.7 Å². The topological polar surface area (TPSA) is 40.6 Å². The van der Waals surface area contributed by atoms with E-state index in [0.717, 1.165) is 6.42 Å². The molecule has 2 heterocycles. The van der Waals surface area contributed by atoms with Crippen LogP contribution in [0.2, 0.25) is 0 Å². The number of benzene rings is 1. The van der Waals surface area contributed by atoms with Crippen LogP contribution in [0.15, 0.2) is 24.3 Å². The van der Waals surface area contributed by atoms with Crippen LogP contribution in [0.1, 0.15) is 23.7 Å². The standard InChI is InChI=1S/C15H17FN2O2/c1-10-8-13-9-17(6-7-18(13)14(10)19)15(20)11-2-4-12(16)5-3-11/h2-5,10,13H,6-9H2,1H3/t10-,13?/m0/s1. The Hall–Kier alpha value is -1.91. The monoisotopic (exact) mass is 276 g/mol. The number of rotatable bonds is 1. The molecule has 2 atom stereocenters. The molecule has 0 saturated carbocycles. The molecule has 2 saturated heterocycles. The highest BCUT2D eigenvalue weighted by atomic mass is 19.1. The summed E-state index contributed by atoms with van der Waals surface area (Å²) in [5.41, 5.74) is 0.497. The lowest BCUT2D eigenvalue weighted by Crippen LogP contribution is -2.53. The molecule has 2 aliphatic rings. The highest BCUT2D eigenvalue weighted by molar-refractivity contribution is 5.94. The first-order valence-electron chi connectivity index (χ1n) is 6.91. The van der Waals surface area contributed by atoms with Gasteiger partial charge in [0.2, 0.25) is 5.91 Å². The zero-order chi connectivity index (χ0) is 14.3. The first kappa shape index (κ1) is 13.1. The van der Waals surface area contributed by atoms with Crippen molar-refractivity contribution in [2.45, 2.75) is 19.4 Å². The summed E-state index contributed by atoms with van der Waals surface area (Å²) in [4.78, 5) is 27.9. The number of carbonyl (C=O) groups excluding carboxylic acids is 2. The number of carbonyl (C=O) groups is 2. The predicted molar refractivity (Wildman–Crippen MR) is 71.6 cm³/mol. The second-order valence-corrected chi connectivity index (χ2v) is 5.58. The van der Waals surface area contributed by atoms with Gasteiger partial charge in [0.15, 0.2) is 0 Å². The average Bonchev–Trinajstić information content (AvgIpc) is 2.74. The summed E-state index contributed by atoms with van der Waals surface area (Å²) in [5, 5.41) is 0. The van der Waals surface area contributed by atoms with Crippen molar-refractivity contribution in [1.29, 1.82) is 0 Å². The normalized spacial score (nSPS) is 25.8. The van der Waals surface area contributed by atoms with Gasteiger partial charge in [-0.1, -0.05) is 6.92 Å². The lowest BCUT2D eigenvalue weighted by molar-refractivity contribution is -0.132. The molecule has 1 aromatic rings. The molecule has 2 fully saturated rings. The van der Waals surface area contributed by atoms with Gasteiger partial charge in [-0.2, -0.15) is 0 Å². The fourth-order valence-corrected chi connectivity index (χ4v) is 3.10. The number of hydrogen-bond acceptors (Lipinski definition) is 2. The van der Waals surface area contributed by atoms with Gasteiger partial charge in [-0.15, -0.1) is 0 Å². The van der Waals surface area contributed by atoms with E-state index in [4.69, 9.17) is 0 Å². The molecule has 1 aromatic carbocycles. The van der Waals surface area contributed by atoms with E-state index < -0.39 is 0 Å². The molecule has 0 bridgehead atoms. The van der Waals surface area contributed by atoms with Gasteiger partial charge in [-0.05, 0) is 30.7 Å². The van der Waals surface area contributed by atoms with Crippen molar-refractivity contribution in [2.75, 3.05) is 19.6 Å². The van der Waals surface area contributed by atoms with Crippen molar-refractivity contribution in [3.63, 3.8) is 0 Å². The van der Waals surface area contributed by atoms with E-state index in [1.807, 2.05) is 11.8 Å². The summed E-state index contributed by atoms with van der Waals surface area (Å²) in [6.45, 7) is 3.66. The number of hydrogen-bond donors (Lipinski definition) is 0. The maximum atomic E-state index is 12.9. The van der Waals surface area contributed by atoms with E-state index in [1.54, 1.807) is 4.90 Å². The number of nitrogens with zero attached hydrogens (tertiary/aromatic N) is 2. The Kier molecular flexibility index (Phi) is 3.20. The predicted octanol–water partition coefficient (Wildman–Crippen LogP) is 1.52. The third-order valence-electron chi connectivity index (χ3n) is 4.19. The molecule has 3 rings (SSSR count). The molecule has 2 amide bonds. The van der Waals surface area contributed by atoms with Gasteiger partial charge in [0.25, 0.3) is 5.91 Å². The molecule has 0 aromatic heterocycles. The molecule has 1 unspecified atom stereocenters. The third-order valence-corrected chi connectivity index (χ3v) is 4.19. The summed E-state index contributed by atoms with van der Waals surface area (Å²) in [7, 11) is 0. The SMILES string of the molecule is C[C@H]1CC2CN(C(=O)c3ccc(F)cc3)CCN2C1=O. The minimum atomic E-state index is -0.346. The molecule has 0 aliphatic carbocycles. The third kappa shape index (κ3) is 2.17. The average molecular weight is 276 g/mol. The van der Waals surface area contributed by atoms with Crippen LogP contribution in [0.3, 0.4) is 0 Å². The summed E-state index contributed by atoms with van der Waals surface area (Å²) < 4.78 is 12.9. The van der Waals surface area contributed by atoms with Crippen LogP contribution in [0.4, 0.5) is 4.39 Å². The van der Waals surface area contributed by atoms with E-state index >= 15 is 0 Å². The molecule has 0 N–H and O–H groups in total. The number of amides is 2. The van der Waals surface area contributed by atoms with Crippen LogP contribution >= 0.6 is 0 Å². The quantitative estimate of drug-likeness (QED) is 0.780. The number of piperazine rings is 1. The van der Waals surface area contributed by atoms with E-state index in [0.29, 0.717) is 25.2 Å². The van der Waals surface area contributed by atoms with Gasteiger partial charge in [0.1, 0.15) is 5.82 Å². The van der Waals surface area contributed by atoms with Gasteiger partial charge in [0.05, 0.1) is 6.04 Å². The summed E-state index contributed by atoms with van der Waals surface area (Å²) >= 11 is 0. The van der Waals surface area contributed by atoms with Crippen molar-refractivity contribution in [3.05, 3.63) is 35.6 Å². The van der Waals surface area contributed by atoms with Gasteiger partial charge >= 0.3 is 0 Å². The molecular weight excluding hydrogens is 259 g/mol. The van der Waals surface area contributed by atoms with E-state index in [2.05, 4.69) is 0 Å². The largest absolute Gasteiger partial charge is 0.336 e. The van der Waals surface area contributed by atoms with Crippen molar-refractivity contribution in [1.82, 2.24) is 9.80 Å². The Morgan fingerprint density at radius 3 is 2.65 bits per heavy atom. The fourth-order valence-electron chi connectivity index (χ4n) is 3.10. The second-order valence-electron chi connectivity index (χ2n) is 5.58. The van der Waals surface area contributed by atoms with Crippen LogP contribution in [-0.2, 0) is 4.79 Å². The van der Waals surface area contributed by atoms with Crippen LogP contribution < -0.4 is 0 Å². The van der Waals surface area contributed by atoms with Crippen molar-refractivity contribution in [3.8, 4) is 0 Å². The molecule has 5 heteroatoms. The molecular formula is C15H17FN2O2. The van der Waals surface area contributed by atoms with E-state index in [-0.39, 0.29) is 29.6 Å². The van der Waals surface area contributed by atoms with Gasteiger partial charge in [0, 0.05) is 31.1 Å². The molecule has 0 radical (unpaired) electrons. The zero-order valence-electron chi connectivity index (χ0n) is 11.4. The molecule has 0 spiro atoms. The van der Waals surface area contributed by atoms with Crippen molar-refractivity contribution < 1.29 is 14.0 Å². The maximum absolute atomic E-state index is 12.9. The minimum absolute atomic E-state index is 0.0564. The highest BCUT2D eigenvalue weighted by Gasteiger charge is 2.41. The summed E-state index contributed by atoms with van der Waals surface area (Å²) in [6, 6.07) is 5.74. The van der Waals surface area contributed by atoms with E-state index in [1.165, 1.54) is 24.3 Å². The van der Waals surface area contributed by atoms with Crippen LogP contribution in [-0.4, -0.2) is 47.3 Å². The first-order valence-corrected chi connectivity index (χ1v) is 6.91. The zero-order valence-corrected chi connectivity index (χ0v) is 11.4. The lowest BCUT2D eigenvalue weighted by Gasteiger charge is -2.37. The fraction of sp³-hybridized carbons (Fsp3) is 0.467. The van der Waals surface area contributed by atoms with Crippen LogP contribution in [0.5, 0.6) is 0 Å². The lowest BCUT2D eigenvalue weighted by atomic mass is 10.1. The van der Waals surface area contributed by atoms with Crippen LogP contribution in [0.25, 0.3) is 0 Å². The Morgan fingerprint density at radius 1 is 1.25 bits per heavy atom. The molecule has 106 valence electrons. The van der Waals surface area contributed by atoms with Crippen molar-refractivity contribution in [2.24, 2.45) is 5.92 Å². The smallest absolute Gasteiger partial charge is 0.253 e. The Bertz CT molecular complexity index is 543. The van der Waals surface area contributed by atoms with Crippen molar-refractivity contribution >= 4 is 11.8 Å². The molecule has 4 nitrogen and oxygen atoms in total. The van der Waals surface area contributed by atoms with Gasteiger partial charge in [-0.3, -0.25) is 9.59 Å². The minimum Gasteiger partial charge on any atom is -0.336 e. The Balaban J connectivity index is 1.72. The second kappa shape index (κ2) is 4.89. The van der Waals surface area contributed by atoms with E-state index in [9.17, 15) is 14.0 Å². The highest BCUT2D eigenvalue weighted by Crippen LogP contribution is 2.27.